The van der Waals surface area contributed by atoms with Crippen LogP contribution in [0, 0.1) is 21.7 Å². The molecule has 2 aromatic rings. The van der Waals surface area contributed by atoms with Crippen LogP contribution >= 0.6 is 31.9 Å². The van der Waals surface area contributed by atoms with Gasteiger partial charge in [0.05, 0.1) is 28.6 Å². The number of halogens is 4. The molecule has 0 saturated carbocycles. The molecule has 0 aliphatic rings. The highest BCUT2D eigenvalue weighted by Crippen LogP contribution is 2.30. The minimum absolute atomic E-state index is 0. The predicted molar refractivity (Wildman–Crippen MR) is 168 cm³/mol. The first-order chi connectivity index (χ1) is 19.1. The summed E-state index contributed by atoms with van der Waals surface area (Å²) in [5, 5.41) is 15.3. The monoisotopic (exact) mass is 742 g/mol. The van der Waals surface area contributed by atoms with Gasteiger partial charge in [0, 0.05) is 34.1 Å². The molecular formula is C27H38Br2F2N4O8. The van der Waals surface area contributed by atoms with Gasteiger partial charge in [0.25, 0.3) is 0 Å². The van der Waals surface area contributed by atoms with Gasteiger partial charge in [-0.25, -0.2) is 14.0 Å². The lowest BCUT2D eigenvalue weighted by Crippen LogP contribution is -2.27. The van der Waals surface area contributed by atoms with Gasteiger partial charge >= 0.3 is 23.8 Å². The Bertz CT molecular complexity index is 1280. The number of carbonyl (C=O) groups excluding carboxylic acids is 3. The van der Waals surface area contributed by atoms with Crippen molar-refractivity contribution < 1.29 is 42.3 Å². The molecule has 2 amide bonds. The lowest BCUT2D eigenvalue weighted by molar-refractivity contribution is -0.387. The Hall–Kier alpha value is -3.53. The maximum atomic E-state index is 13.4. The minimum atomic E-state index is -1.04. The number of nitrogens with one attached hydrogen (secondary N) is 2. The summed E-state index contributed by atoms with van der Waals surface area (Å²) in [5.74, 6) is -1.85. The van der Waals surface area contributed by atoms with Crippen LogP contribution in [-0.4, -0.2) is 40.9 Å². The van der Waals surface area contributed by atoms with E-state index in [1.165, 1.54) is 13.0 Å². The number of anilines is 3. The van der Waals surface area contributed by atoms with Gasteiger partial charge < -0.3 is 19.9 Å². The van der Waals surface area contributed by atoms with E-state index in [9.17, 15) is 33.3 Å². The molecule has 0 aromatic heterocycles. The second-order valence-corrected chi connectivity index (χ2v) is 11.8. The first-order valence-electron chi connectivity index (χ1n) is 12.1. The maximum absolute atomic E-state index is 13.4. The molecule has 0 heterocycles. The summed E-state index contributed by atoms with van der Waals surface area (Å²) in [6.45, 7) is 13.9. The molecule has 0 unspecified atom stereocenters. The van der Waals surface area contributed by atoms with E-state index < -0.39 is 45.6 Å². The fourth-order valence-corrected chi connectivity index (χ4v) is 3.35. The van der Waals surface area contributed by atoms with Crippen molar-refractivity contribution in [1.29, 1.82) is 0 Å². The van der Waals surface area contributed by atoms with E-state index in [0.29, 0.717) is 11.1 Å². The van der Waals surface area contributed by atoms with Crippen molar-refractivity contribution >= 4 is 72.8 Å². The normalized spacial score (nSPS) is 10.3. The Morgan fingerprint density at radius 2 is 1.28 bits per heavy atom. The SMILES string of the molecule is C.CC(C)(C)OC(=O)Nc1cc(F)c(N)cc1Br.CC(C)(C)OC(=O)Nc1cc(F)c([N+](=O)[O-])cc1Br.CCOC(C)=O. The predicted octanol–water partition coefficient (Wildman–Crippen LogP) is 8.57. The molecule has 4 N–H and O–H groups in total. The second kappa shape index (κ2) is 18.2. The highest BCUT2D eigenvalue weighted by atomic mass is 79.9. The van der Waals surface area contributed by atoms with Crippen LogP contribution in [0.4, 0.5) is 41.1 Å². The first-order valence-corrected chi connectivity index (χ1v) is 13.7. The number of esters is 1. The Labute approximate surface area is 266 Å². The third-order valence-corrected chi connectivity index (χ3v) is 5.25. The maximum Gasteiger partial charge on any atom is 0.412 e. The Morgan fingerprint density at radius 3 is 1.60 bits per heavy atom. The van der Waals surface area contributed by atoms with Crippen molar-refractivity contribution in [1.82, 2.24) is 0 Å². The summed E-state index contributed by atoms with van der Waals surface area (Å²) < 4.78 is 41.7. The topological polar surface area (TPSA) is 172 Å². The average Bonchev–Trinajstić information content (AvgIpc) is 2.77. The fourth-order valence-electron chi connectivity index (χ4n) is 2.46. The van der Waals surface area contributed by atoms with Crippen LogP contribution in [-0.2, 0) is 19.0 Å². The molecule has 242 valence electrons. The van der Waals surface area contributed by atoms with Crippen LogP contribution in [0.3, 0.4) is 0 Å². The molecule has 2 rings (SSSR count). The largest absolute Gasteiger partial charge is 0.466 e. The van der Waals surface area contributed by atoms with Crippen molar-refractivity contribution in [2.24, 2.45) is 0 Å². The van der Waals surface area contributed by atoms with Crippen molar-refractivity contribution in [3.05, 3.63) is 55.0 Å². The van der Waals surface area contributed by atoms with Crippen LogP contribution in [0.2, 0.25) is 0 Å². The Morgan fingerprint density at radius 1 is 0.884 bits per heavy atom. The van der Waals surface area contributed by atoms with E-state index in [-0.39, 0.29) is 34.9 Å². The quantitative estimate of drug-likeness (QED) is 0.0912. The highest BCUT2D eigenvalue weighted by Gasteiger charge is 2.21. The van der Waals surface area contributed by atoms with Gasteiger partial charge in [0.2, 0.25) is 5.82 Å². The molecular weight excluding hydrogens is 706 g/mol. The van der Waals surface area contributed by atoms with Crippen molar-refractivity contribution in [3.63, 3.8) is 0 Å². The van der Waals surface area contributed by atoms with Crippen LogP contribution in [0.5, 0.6) is 0 Å². The van der Waals surface area contributed by atoms with Crippen molar-refractivity contribution in [2.75, 3.05) is 23.0 Å². The first kappa shape index (κ1) is 41.6. The fraction of sp³-hybridized carbons (Fsp3) is 0.444. The number of nitro benzene ring substituents is 1. The molecule has 0 bridgehead atoms. The van der Waals surface area contributed by atoms with Gasteiger partial charge in [0.15, 0.2) is 0 Å². The standard InChI is InChI=1S/C11H12BrFN2O4.C11H14BrFN2O2.C4H8O2.CH4/c1-11(2,3)19-10(16)14-8-5-7(13)9(15(17)18)4-6(8)12;1-11(2,3)17-10(16)15-9-5-7(13)8(14)4-6(9)12;1-3-6-4(2)5;/h4-5H,1-3H3,(H,14,16);4-5H,14H2,1-3H3,(H,15,16);3H2,1-2H3;1H4. The number of hydrogen-bond acceptors (Lipinski definition) is 9. The third kappa shape index (κ3) is 17.9. The lowest BCUT2D eigenvalue weighted by Gasteiger charge is -2.20. The van der Waals surface area contributed by atoms with Gasteiger partial charge in [-0.2, -0.15) is 4.39 Å². The number of ether oxygens (including phenoxy) is 3. The summed E-state index contributed by atoms with van der Waals surface area (Å²) in [4.78, 5) is 42.5. The van der Waals surface area contributed by atoms with Gasteiger partial charge in [-0.15, -0.1) is 0 Å². The number of nitrogen functional groups attached to an aromatic ring is 1. The van der Waals surface area contributed by atoms with E-state index >= 15 is 0 Å². The summed E-state index contributed by atoms with van der Waals surface area (Å²) in [5.41, 5.74) is 3.72. The number of nitro groups is 1. The summed E-state index contributed by atoms with van der Waals surface area (Å²) >= 11 is 6.19. The minimum Gasteiger partial charge on any atom is -0.466 e. The summed E-state index contributed by atoms with van der Waals surface area (Å²) in [7, 11) is 0. The molecule has 0 aliphatic carbocycles. The van der Waals surface area contributed by atoms with E-state index in [1.54, 1.807) is 48.5 Å². The molecule has 0 spiro atoms. The molecule has 2 aromatic carbocycles. The molecule has 12 nitrogen and oxygen atoms in total. The zero-order chi connectivity index (χ0) is 33.0. The number of benzene rings is 2. The molecule has 0 radical (unpaired) electrons. The molecule has 16 heteroatoms. The number of nitrogens with zero attached hydrogens (tertiary/aromatic N) is 1. The lowest BCUT2D eigenvalue weighted by atomic mass is 10.2. The Kier molecular flexibility index (Phi) is 17.6. The van der Waals surface area contributed by atoms with E-state index in [1.807, 2.05) is 0 Å². The summed E-state index contributed by atoms with van der Waals surface area (Å²) in [6.07, 6.45) is -1.43. The van der Waals surface area contributed by atoms with E-state index in [2.05, 4.69) is 47.2 Å². The van der Waals surface area contributed by atoms with Gasteiger partial charge in [-0.3, -0.25) is 25.5 Å². The van der Waals surface area contributed by atoms with Crippen LogP contribution in [0.1, 0.15) is 62.8 Å². The summed E-state index contributed by atoms with van der Waals surface area (Å²) in [6, 6.07) is 4.33. The van der Waals surface area contributed by atoms with Gasteiger partial charge in [0.1, 0.15) is 17.0 Å². The smallest absolute Gasteiger partial charge is 0.412 e. The molecule has 0 atom stereocenters. The van der Waals surface area contributed by atoms with Gasteiger partial charge in [-0.1, -0.05) is 7.43 Å². The second-order valence-electron chi connectivity index (χ2n) is 10.1. The zero-order valence-electron chi connectivity index (χ0n) is 24.3. The van der Waals surface area contributed by atoms with Gasteiger partial charge in [-0.05, 0) is 86.4 Å². The van der Waals surface area contributed by atoms with Crippen molar-refractivity contribution in [2.45, 2.75) is 74.0 Å². The van der Waals surface area contributed by atoms with Crippen LogP contribution < -0.4 is 16.4 Å². The third-order valence-electron chi connectivity index (χ3n) is 3.94. The molecule has 43 heavy (non-hydrogen) atoms. The average molecular weight is 744 g/mol. The number of amides is 2. The van der Waals surface area contributed by atoms with E-state index in [4.69, 9.17) is 15.2 Å². The highest BCUT2D eigenvalue weighted by molar-refractivity contribution is 9.11. The number of carbonyl (C=O) groups is 3. The number of hydrogen-bond donors (Lipinski definition) is 3. The van der Waals surface area contributed by atoms with E-state index in [0.717, 1.165) is 18.2 Å². The zero-order valence-corrected chi connectivity index (χ0v) is 27.5. The number of nitrogens with two attached hydrogens (primary N) is 1. The molecule has 0 fully saturated rings. The van der Waals surface area contributed by atoms with Crippen LogP contribution in [0.25, 0.3) is 0 Å². The Balaban J connectivity index is 0. The molecule has 0 saturated heterocycles. The molecule has 0 aliphatic heterocycles. The van der Waals surface area contributed by atoms with Crippen molar-refractivity contribution in [3.8, 4) is 0 Å². The number of rotatable bonds is 4. The van der Waals surface area contributed by atoms with Crippen LogP contribution in [0.15, 0.2) is 33.2 Å².